The smallest absolute Gasteiger partial charge is 0.0956 e. The van der Waals surface area contributed by atoms with E-state index < -0.39 is 0 Å². The summed E-state index contributed by atoms with van der Waals surface area (Å²) in [5, 5.41) is 0. The van der Waals surface area contributed by atoms with Crippen LogP contribution < -0.4 is 0 Å². The summed E-state index contributed by atoms with van der Waals surface area (Å²) >= 11 is 0. The van der Waals surface area contributed by atoms with Crippen molar-refractivity contribution in [3.8, 4) is 0 Å². The highest BCUT2D eigenvalue weighted by Gasteiger charge is 2.08. The van der Waals surface area contributed by atoms with E-state index in [-0.39, 0.29) is 0 Å². The average Bonchev–Trinajstić information content (AvgIpc) is 1.55. The van der Waals surface area contributed by atoms with Crippen LogP contribution >= 0.6 is 0 Å². The van der Waals surface area contributed by atoms with Crippen molar-refractivity contribution in [2.75, 3.05) is 6.61 Å². The molecule has 1 heteroatoms. The highest BCUT2D eigenvalue weighted by molar-refractivity contribution is 5.00. The van der Waals surface area contributed by atoms with E-state index in [0.29, 0.717) is 5.92 Å². The largest absolute Gasteiger partial charge is 0.498 e. The molecular weight excluding hydrogens is 100 g/mol. The second kappa shape index (κ2) is 2.21. The van der Waals surface area contributed by atoms with Gasteiger partial charge in [-0.15, -0.1) is 0 Å². The van der Waals surface area contributed by atoms with Crippen molar-refractivity contribution in [1.29, 1.82) is 0 Å². The van der Waals surface area contributed by atoms with Gasteiger partial charge >= 0.3 is 0 Å². The zero-order chi connectivity index (χ0) is 5.98. The highest BCUT2D eigenvalue weighted by atomic mass is 16.5. The molecule has 0 aliphatic carbocycles. The number of ether oxygens (including phenoxy) is 1. The quantitative estimate of drug-likeness (QED) is 0.503. The second-order valence-electron chi connectivity index (χ2n) is 2.48. The predicted molar refractivity (Wildman–Crippen MR) is 33.5 cm³/mol. The molecule has 0 aromatic rings. The summed E-state index contributed by atoms with van der Waals surface area (Å²) < 4.78 is 5.10. The van der Waals surface area contributed by atoms with Crippen molar-refractivity contribution in [2.24, 2.45) is 5.92 Å². The first kappa shape index (κ1) is 5.67. The van der Waals surface area contributed by atoms with Crippen LogP contribution in [0.1, 0.15) is 20.3 Å². The normalized spacial score (nSPS) is 23.1. The molecule has 1 aliphatic heterocycles. The summed E-state index contributed by atoms with van der Waals surface area (Å²) in [5.74, 6) is 1.82. The molecule has 0 unspecified atom stereocenters. The van der Waals surface area contributed by atoms with Gasteiger partial charge in [0.1, 0.15) is 0 Å². The van der Waals surface area contributed by atoms with E-state index in [1.54, 1.807) is 0 Å². The molecule has 1 saturated heterocycles. The summed E-state index contributed by atoms with van der Waals surface area (Å²) in [6, 6.07) is 0. The van der Waals surface area contributed by atoms with Gasteiger partial charge < -0.3 is 4.74 Å². The zero-order valence-corrected chi connectivity index (χ0v) is 5.48. The summed E-state index contributed by atoms with van der Waals surface area (Å²) in [6.45, 7) is 5.25. The maximum absolute atomic E-state index is 5.10. The minimum atomic E-state index is 0.644. The van der Waals surface area contributed by atoms with E-state index in [4.69, 9.17) is 4.74 Å². The van der Waals surface area contributed by atoms with Crippen molar-refractivity contribution >= 4 is 0 Å². The third-order valence-corrected chi connectivity index (χ3v) is 1.16. The first-order valence-electron chi connectivity index (χ1n) is 3.12. The van der Waals surface area contributed by atoms with Crippen molar-refractivity contribution in [3.05, 3.63) is 11.8 Å². The molecule has 0 aromatic heterocycles. The van der Waals surface area contributed by atoms with E-state index in [0.717, 1.165) is 13.0 Å². The summed E-state index contributed by atoms with van der Waals surface area (Å²) in [6.07, 6.45) is 3.32. The molecule has 0 spiro atoms. The maximum Gasteiger partial charge on any atom is 0.0956 e. The van der Waals surface area contributed by atoms with Gasteiger partial charge in [0.05, 0.1) is 12.4 Å². The molecule has 0 aromatic carbocycles. The van der Waals surface area contributed by atoms with Crippen molar-refractivity contribution in [1.82, 2.24) is 0 Å². The maximum atomic E-state index is 5.10. The van der Waals surface area contributed by atoms with Gasteiger partial charge in [-0.05, 0) is 12.0 Å². The Kier molecular flexibility index (Phi) is 1.56. The second-order valence-corrected chi connectivity index (χ2v) is 2.48. The van der Waals surface area contributed by atoms with Crippen LogP contribution in [-0.2, 0) is 4.74 Å². The number of allylic oxidation sites excluding steroid dienone is 1. The van der Waals surface area contributed by atoms with E-state index in [2.05, 4.69) is 19.9 Å². The van der Waals surface area contributed by atoms with Crippen molar-refractivity contribution < 1.29 is 4.74 Å². The van der Waals surface area contributed by atoms with Crippen LogP contribution in [0.5, 0.6) is 0 Å². The Hall–Kier alpha value is -0.460. The molecule has 8 heavy (non-hydrogen) atoms. The number of hydrogen-bond acceptors (Lipinski definition) is 1. The van der Waals surface area contributed by atoms with Crippen LogP contribution in [0.2, 0.25) is 0 Å². The molecule has 0 radical (unpaired) electrons. The minimum absolute atomic E-state index is 0.644. The van der Waals surface area contributed by atoms with Gasteiger partial charge in [-0.25, -0.2) is 0 Å². The molecule has 1 nitrogen and oxygen atoms in total. The lowest BCUT2D eigenvalue weighted by molar-refractivity contribution is 0.115. The van der Waals surface area contributed by atoms with Crippen LogP contribution in [0.4, 0.5) is 0 Å². The standard InChI is InChI=1S/C7H12O/c1-6(2)5-7-3-4-8-7/h5-6H,3-4H2,1-2H3. The van der Waals surface area contributed by atoms with Crippen LogP contribution in [0.15, 0.2) is 11.8 Å². The molecule has 0 saturated carbocycles. The van der Waals surface area contributed by atoms with Crippen LogP contribution in [0, 0.1) is 5.92 Å². The third-order valence-electron chi connectivity index (χ3n) is 1.16. The van der Waals surface area contributed by atoms with E-state index in [1.165, 1.54) is 5.76 Å². The average molecular weight is 112 g/mol. The first-order chi connectivity index (χ1) is 3.79. The molecule has 1 heterocycles. The zero-order valence-electron chi connectivity index (χ0n) is 5.48. The van der Waals surface area contributed by atoms with Gasteiger partial charge in [-0.1, -0.05) is 13.8 Å². The van der Waals surface area contributed by atoms with Gasteiger partial charge in [0, 0.05) is 6.42 Å². The fourth-order valence-electron chi connectivity index (χ4n) is 0.723. The lowest BCUT2D eigenvalue weighted by atomic mass is 10.1. The monoisotopic (exact) mass is 112 g/mol. The Morgan fingerprint density at radius 3 is 2.38 bits per heavy atom. The van der Waals surface area contributed by atoms with Gasteiger partial charge in [0.2, 0.25) is 0 Å². The molecule has 1 fully saturated rings. The van der Waals surface area contributed by atoms with E-state index in [9.17, 15) is 0 Å². The van der Waals surface area contributed by atoms with Crippen molar-refractivity contribution in [3.63, 3.8) is 0 Å². The third kappa shape index (κ3) is 1.25. The van der Waals surface area contributed by atoms with Crippen LogP contribution in [0.25, 0.3) is 0 Å². The first-order valence-corrected chi connectivity index (χ1v) is 3.12. The molecule has 0 amide bonds. The Labute approximate surface area is 50.3 Å². The predicted octanol–water partition coefficient (Wildman–Crippen LogP) is 1.95. The summed E-state index contributed by atoms with van der Waals surface area (Å²) in [4.78, 5) is 0. The lowest BCUT2D eigenvalue weighted by Gasteiger charge is -2.19. The van der Waals surface area contributed by atoms with Gasteiger partial charge in [-0.3, -0.25) is 0 Å². The summed E-state index contributed by atoms with van der Waals surface area (Å²) in [7, 11) is 0. The molecule has 46 valence electrons. The van der Waals surface area contributed by atoms with E-state index >= 15 is 0 Å². The topological polar surface area (TPSA) is 9.23 Å². The van der Waals surface area contributed by atoms with Crippen molar-refractivity contribution in [2.45, 2.75) is 20.3 Å². The van der Waals surface area contributed by atoms with Gasteiger partial charge in [-0.2, -0.15) is 0 Å². The fourth-order valence-corrected chi connectivity index (χ4v) is 0.723. The molecule has 1 rings (SSSR count). The molecule has 0 N–H and O–H groups in total. The molecule has 1 aliphatic rings. The number of rotatable bonds is 1. The Morgan fingerprint density at radius 2 is 2.25 bits per heavy atom. The Bertz CT molecular complexity index is 97.0. The Morgan fingerprint density at radius 1 is 1.62 bits per heavy atom. The van der Waals surface area contributed by atoms with E-state index in [1.807, 2.05) is 0 Å². The Balaban J connectivity index is 2.30. The molecular formula is C7H12O. The highest BCUT2D eigenvalue weighted by Crippen LogP contribution is 2.16. The van der Waals surface area contributed by atoms with Gasteiger partial charge in [0.15, 0.2) is 0 Å². The van der Waals surface area contributed by atoms with Crippen LogP contribution in [0.3, 0.4) is 0 Å². The lowest BCUT2D eigenvalue weighted by Crippen LogP contribution is -2.09. The van der Waals surface area contributed by atoms with Crippen LogP contribution in [-0.4, -0.2) is 6.61 Å². The molecule has 0 atom stereocenters. The molecule has 0 bridgehead atoms. The fraction of sp³-hybridized carbons (Fsp3) is 0.714. The minimum Gasteiger partial charge on any atom is -0.498 e. The SMILES string of the molecule is CC(C)C=C1CCO1. The van der Waals surface area contributed by atoms with Gasteiger partial charge in [0.25, 0.3) is 0 Å². The number of hydrogen-bond donors (Lipinski definition) is 0. The summed E-state index contributed by atoms with van der Waals surface area (Å²) in [5.41, 5.74) is 0.